The van der Waals surface area contributed by atoms with Crippen molar-refractivity contribution in [2.24, 2.45) is 5.92 Å². The summed E-state index contributed by atoms with van der Waals surface area (Å²) < 4.78 is 6.79. The molecule has 2 rings (SSSR count). The second-order valence-corrected chi connectivity index (χ2v) is 5.70. The van der Waals surface area contributed by atoms with Crippen molar-refractivity contribution in [2.45, 2.75) is 20.4 Å². The molecule has 0 fully saturated rings. The number of nitrogens with zero attached hydrogens (tertiary/aromatic N) is 1. The molecule has 0 spiro atoms. The lowest BCUT2D eigenvalue weighted by Crippen LogP contribution is -2.31. The van der Waals surface area contributed by atoms with E-state index in [1.54, 1.807) is 6.92 Å². The number of carboxylic acid groups (broad SMARTS) is 1. The van der Waals surface area contributed by atoms with E-state index in [9.17, 15) is 4.79 Å². The fourth-order valence-corrected chi connectivity index (χ4v) is 2.67. The molecule has 0 amide bonds. The molecule has 0 saturated carbocycles. The van der Waals surface area contributed by atoms with E-state index in [0.717, 1.165) is 27.7 Å². The van der Waals surface area contributed by atoms with Crippen molar-refractivity contribution in [2.75, 3.05) is 13.1 Å². The highest BCUT2D eigenvalue weighted by Crippen LogP contribution is 2.31. The summed E-state index contributed by atoms with van der Waals surface area (Å²) in [4.78, 5) is 13.0. The van der Waals surface area contributed by atoms with Gasteiger partial charge in [0.1, 0.15) is 11.3 Å². The number of fused-ring (bicyclic) bond motifs is 1. The zero-order chi connectivity index (χ0) is 14.7. The summed E-state index contributed by atoms with van der Waals surface area (Å²) in [6.45, 7) is 5.63. The van der Waals surface area contributed by atoms with E-state index in [4.69, 9.17) is 9.52 Å². The first-order valence-electron chi connectivity index (χ1n) is 6.64. The van der Waals surface area contributed by atoms with Crippen LogP contribution in [-0.2, 0) is 11.3 Å². The van der Waals surface area contributed by atoms with Gasteiger partial charge >= 0.3 is 5.97 Å². The van der Waals surface area contributed by atoms with Crippen LogP contribution in [0.2, 0.25) is 0 Å². The average molecular weight is 340 g/mol. The Hall–Kier alpha value is -1.33. The maximum absolute atomic E-state index is 11.0. The first kappa shape index (κ1) is 15.1. The Bertz CT molecular complexity index is 608. The first-order chi connectivity index (χ1) is 9.52. The van der Waals surface area contributed by atoms with Gasteiger partial charge in [0.05, 0.1) is 16.9 Å². The van der Waals surface area contributed by atoms with E-state index in [0.29, 0.717) is 13.1 Å². The monoisotopic (exact) mass is 339 g/mol. The normalized spacial score (nSPS) is 13.0. The molecule has 0 saturated heterocycles. The lowest BCUT2D eigenvalue weighted by Gasteiger charge is -2.21. The van der Waals surface area contributed by atoms with Gasteiger partial charge in [0, 0.05) is 11.9 Å². The third-order valence-electron chi connectivity index (χ3n) is 3.37. The molecule has 0 bridgehead atoms. The van der Waals surface area contributed by atoms with Gasteiger partial charge in [-0.2, -0.15) is 0 Å². The third kappa shape index (κ3) is 3.22. The highest BCUT2D eigenvalue weighted by atomic mass is 79.9. The Morgan fingerprint density at radius 3 is 2.75 bits per heavy atom. The Kier molecular flexibility index (Phi) is 4.83. The van der Waals surface area contributed by atoms with Gasteiger partial charge in [-0.15, -0.1) is 0 Å². The molecule has 1 aromatic heterocycles. The zero-order valence-corrected chi connectivity index (χ0v) is 13.2. The highest BCUT2D eigenvalue weighted by Gasteiger charge is 2.18. The summed E-state index contributed by atoms with van der Waals surface area (Å²) in [5, 5.41) is 10.0. The van der Waals surface area contributed by atoms with Crippen molar-refractivity contribution < 1.29 is 14.3 Å². The minimum absolute atomic E-state index is 0.391. The number of carboxylic acids is 1. The number of hydrogen-bond acceptors (Lipinski definition) is 3. The smallest absolute Gasteiger partial charge is 0.307 e. The summed E-state index contributed by atoms with van der Waals surface area (Å²) in [7, 11) is 0. The van der Waals surface area contributed by atoms with Crippen LogP contribution in [0.25, 0.3) is 11.0 Å². The summed E-state index contributed by atoms with van der Waals surface area (Å²) in [6, 6.07) is 7.84. The van der Waals surface area contributed by atoms with Gasteiger partial charge in [0.15, 0.2) is 0 Å². The minimum Gasteiger partial charge on any atom is -0.481 e. The van der Waals surface area contributed by atoms with Crippen molar-refractivity contribution in [3.05, 3.63) is 34.5 Å². The second-order valence-electron chi connectivity index (χ2n) is 4.90. The van der Waals surface area contributed by atoms with Crippen LogP contribution < -0.4 is 0 Å². The van der Waals surface area contributed by atoms with E-state index in [1.807, 2.05) is 31.2 Å². The van der Waals surface area contributed by atoms with E-state index in [-0.39, 0.29) is 0 Å². The number of rotatable bonds is 6. The molecule has 20 heavy (non-hydrogen) atoms. The van der Waals surface area contributed by atoms with Gasteiger partial charge in [-0.05, 0) is 34.6 Å². The Balaban J connectivity index is 2.17. The van der Waals surface area contributed by atoms with Crippen LogP contribution in [0.5, 0.6) is 0 Å². The minimum atomic E-state index is -0.771. The van der Waals surface area contributed by atoms with Crippen LogP contribution in [0.1, 0.15) is 19.6 Å². The molecular formula is C15H18BrNO3. The standard InChI is InChI=1S/C15H18BrNO3/c1-3-17(8-10(2)15(18)19)9-13-14(16)11-6-4-5-7-12(11)20-13/h4-7,10H,3,8-9H2,1-2H3,(H,18,19). The van der Waals surface area contributed by atoms with Crippen molar-refractivity contribution in [1.29, 1.82) is 0 Å². The molecule has 1 aromatic carbocycles. The Morgan fingerprint density at radius 1 is 1.45 bits per heavy atom. The predicted molar refractivity (Wildman–Crippen MR) is 81.7 cm³/mol. The number of para-hydroxylation sites is 1. The van der Waals surface area contributed by atoms with Gasteiger partial charge in [-0.25, -0.2) is 0 Å². The number of carbonyl (C=O) groups is 1. The van der Waals surface area contributed by atoms with Crippen LogP contribution in [0.15, 0.2) is 33.2 Å². The van der Waals surface area contributed by atoms with Crippen LogP contribution in [-0.4, -0.2) is 29.1 Å². The molecule has 1 unspecified atom stereocenters. The van der Waals surface area contributed by atoms with Gasteiger partial charge in [0.25, 0.3) is 0 Å². The zero-order valence-electron chi connectivity index (χ0n) is 11.6. The van der Waals surface area contributed by atoms with E-state index < -0.39 is 11.9 Å². The molecule has 108 valence electrons. The van der Waals surface area contributed by atoms with Crippen molar-refractivity contribution in [1.82, 2.24) is 4.90 Å². The Morgan fingerprint density at radius 2 is 2.15 bits per heavy atom. The number of hydrogen-bond donors (Lipinski definition) is 1. The van der Waals surface area contributed by atoms with Gasteiger partial charge in [-0.1, -0.05) is 26.0 Å². The molecular weight excluding hydrogens is 322 g/mol. The fraction of sp³-hybridized carbons (Fsp3) is 0.400. The first-order valence-corrected chi connectivity index (χ1v) is 7.43. The molecule has 1 heterocycles. The van der Waals surface area contributed by atoms with E-state index in [1.165, 1.54) is 0 Å². The fourth-order valence-electron chi connectivity index (χ4n) is 2.14. The summed E-state index contributed by atoms with van der Waals surface area (Å²) in [5.74, 6) is -0.323. The van der Waals surface area contributed by atoms with Gasteiger partial charge < -0.3 is 9.52 Å². The van der Waals surface area contributed by atoms with Gasteiger partial charge in [-0.3, -0.25) is 9.69 Å². The molecule has 1 atom stereocenters. The maximum atomic E-state index is 11.0. The molecule has 2 aromatic rings. The molecule has 5 heteroatoms. The Labute approximate surface area is 126 Å². The summed E-state index contributed by atoms with van der Waals surface area (Å²) >= 11 is 3.57. The number of benzene rings is 1. The number of aliphatic carboxylic acids is 1. The molecule has 4 nitrogen and oxygen atoms in total. The molecule has 0 radical (unpaired) electrons. The van der Waals surface area contributed by atoms with Crippen LogP contribution >= 0.6 is 15.9 Å². The molecule has 0 aliphatic rings. The molecule has 0 aliphatic heterocycles. The summed E-state index contributed by atoms with van der Waals surface area (Å²) in [5.41, 5.74) is 0.844. The third-order valence-corrected chi connectivity index (χ3v) is 4.24. The average Bonchev–Trinajstić information content (AvgIpc) is 2.75. The second kappa shape index (κ2) is 6.41. The highest BCUT2D eigenvalue weighted by molar-refractivity contribution is 9.10. The van der Waals surface area contributed by atoms with E-state index in [2.05, 4.69) is 20.8 Å². The SMILES string of the molecule is CCN(Cc1oc2ccccc2c1Br)CC(C)C(=O)O. The number of furan rings is 1. The maximum Gasteiger partial charge on any atom is 0.307 e. The van der Waals surface area contributed by atoms with Crippen LogP contribution in [0.3, 0.4) is 0 Å². The van der Waals surface area contributed by atoms with Crippen molar-refractivity contribution in [3.8, 4) is 0 Å². The van der Waals surface area contributed by atoms with Gasteiger partial charge in [0.2, 0.25) is 0 Å². The number of halogens is 1. The molecule has 0 aliphatic carbocycles. The summed E-state index contributed by atoms with van der Waals surface area (Å²) in [6.07, 6.45) is 0. The molecule has 1 N–H and O–H groups in total. The lowest BCUT2D eigenvalue weighted by atomic mass is 10.1. The van der Waals surface area contributed by atoms with E-state index >= 15 is 0 Å². The largest absolute Gasteiger partial charge is 0.481 e. The van der Waals surface area contributed by atoms with Crippen LogP contribution in [0, 0.1) is 5.92 Å². The lowest BCUT2D eigenvalue weighted by molar-refractivity contribution is -0.141. The predicted octanol–water partition coefficient (Wildman–Crippen LogP) is 3.74. The van der Waals surface area contributed by atoms with Crippen molar-refractivity contribution >= 4 is 32.9 Å². The topological polar surface area (TPSA) is 53.7 Å². The quantitative estimate of drug-likeness (QED) is 0.870. The van der Waals surface area contributed by atoms with Crippen LogP contribution in [0.4, 0.5) is 0 Å². The van der Waals surface area contributed by atoms with Crippen molar-refractivity contribution in [3.63, 3.8) is 0 Å².